The molecule has 0 N–H and O–H groups in total. The number of hydrogen-bond acceptors (Lipinski definition) is 6. The lowest BCUT2D eigenvalue weighted by atomic mass is 9.95. The lowest BCUT2D eigenvalue weighted by Crippen LogP contribution is -2.32. The van der Waals surface area contributed by atoms with Crippen molar-refractivity contribution < 1.29 is 23.7 Å². The third-order valence-corrected chi connectivity index (χ3v) is 6.95. The molecule has 1 aliphatic rings. The Kier molecular flexibility index (Phi) is 11.3. The SMILES string of the molecule is C=C(CCCCN(CCc1ccccc1OCOC)C1CCCCc2cc(C(=O)OC)ccc21)OC. The van der Waals surface area contributed by atoms with Crippen LogP contribution in [0.1, 0.15) is 71.6 Å². The molecule has 0 spiro atoms. The van der Waals surface area contributed by atoms with Gasteiger partial charge in [-0.1, -0.05) is 37.3 Å². The van der Waals surface area contributed by atoms with Gasteiger partial charge in [0.2, 0.25) is 0 Å². The van der Waals surface area contributed by atoms with Crippen LogP contribution in [0.4, 0.5) is 0 Å². The second-order valence-corrected chi connectivity index (χ2v) is 9.31. The highest BCUT2D eigenvalue weighted by atomic mass is 16.7. The van der Waals surface area contributed by atoms with Gasteiger partial charge in [0.25, 0.3) is 0 Å². The quantitative estimate of drug-likeness (QED) is 0.104. The molecule has 6 nitrogen and oxygen atoms in total. The van der Waals surface area contributed by atoms with Crippen LogP contribution in [0.15, 0.2) is 54.8 Å². The zero-order valence-electron chi connectivity index (χ0n) is 22.1. The lowest BCUT2D eigenvalue weighted by molar-refractivity contribution is 0.0502. The maximum atomic E-state index is 12.2. The molecule has 2 aromatic carbocycles. The van der Waals surface area contributed by atoms with E-state index >= 15 is 0 Å². The van der Waals surface area contributed by atoms with Gasteiger partial charge in [-0.25, -0.2) is 4.79 Å². The minimum absolute atomic E-state index is 0.239. The van der Waals surface area contributed by atoms with E-state index in [2.05, 4.69) is 29.7 Å². The molecule has 196 valence electrons. The number of para-hydroxylation sites is 1. The third kappa shape index (κ3) is 7.84. The second kappa shape index (κ2) is 14.7. The van der Waals surface area contributed by atoms with Crippen molar-refractivity contribution in [3.8, 4) is 5.75 Å². The number of allylic oxidation sites excluding steroid dienone is 1. The molecular formula is C30H41NO5. The van der Waals surface area contributed by atoms with E-state index in [1.165, 1.54) is 23.8 Å². The highest BCUT2D eigenvalue weighted by Crippen LogP contribution is 2.35. The average molecular weight is 496 g/mol. The van der Waals surface area contributed by atoms with E-state index in [0.717, 1.165) is 76.0 Å². The van der Waals surface area contributed by atoms with Gasteiger partial charge >= 0.3 is 5.97 Å². The summed E-state index contributed by atoms with van der Waals surface area (Å²) in [5, 5.41) is 0. The van der Waals surface area contributed by atoms with Crippen LogP contribution in [0.25, 0.3) is 0 Å². The molecule has 0 heterocycles. The Labute approximate surface area is 216 Å². The molecule has 0 fully saturated rings. The molecule has 6 heteroatoms. The highest BCUT2D eigenvalue weighted by molar-refractivity contribution is 5.89. The van der Waals surface area contributed by atoms with Crippen molar-refractivity contribution in [1.29, 1.82) is 0 Å². The molecule has 0 aliphatic heterocycles. The fourth-order valence-corrected chi connectivity index (χ4v) is 4.98. The van der Waals surface area contributed by atoms with Gasteiger partial charge in [-0.3, -0.25) is 4.90 Å². The van der Waals surface area contributed by atoms with Crippen LogP contribution in [0.2, 0.25) is 0 Å². The molecule has 2 aromatic rings. The summed E-state index contributed by atoms with van der Waals surface area (Å²) in [5.41, 5.74) is 4.42. The first-order chi connectivity index (χ1) is 17.6. The molecule has 36 heavy (non-hydrogen) atoms. The second-order valence-electron chi connectivity index (χ2n) is 9.31. The standard InChI is InChI=1S/C30H41NO5/c1-23(34-3)11-9-10-19-31(20-18-24-12-6-8-15-29(24)36-22-33-2)28-14-7-5-13-25-21-26(30(32)35-4)16-17-27(25)28/h6,8,12,15-17,21,28H,1,5,7,9-11,13-14,18-20,22H2,2-4H3. The maximum Gasteiger partial charge on any atom is 0.337 e. The molecule has 1 atom stereocenters. The van der Waals surface area contributed by atoms with E-state index in [4.69, 9.17) is 18.9 Å². The van der Waals surface area contributed by atoms with Gasteiger partial charge in [-0.15, -0.1) is 0 Å². The number of unbranched alkanes of at least 4 members (excludes halogenated alkanes) is 1. The molecule has 3 rings (SSSR count). The van der Waals surface area contributed by atoms with Gasteiger partial charge in [0.05, 0.1) is 25.5 Å². The highest BCUT2D eigenvalue weighted by Gasteiger charge is 2.25. The predicted octanol–water partition coefficient (Wildman–Crippen LogP) is 6.10. The van der Waals surface area contributed by atoms with Gasteiger partial charge in [-0.05, 0) is 80.0 Å². The molecule has 0 saturated carbocycles. The van der Waals surface area contributed by atoms with Crippen LogP contribution >= 0.6 is 0 Å². The normalized spacial score (nSPS) is 15.2. The van der Waals surface area contributed by atoms with Crippen LogP contribution in [-0.2, 0) is 27.1 Å². The van der Waals surface area contributed by atoms with E-state index in [9.17, 15) is 4.79 Å². The number of nitrogens with zero attached hydrogens (tertiary/aromatic N) is 1. The molecule has 0 radical (unpaired) electrons. The number of hydrogen-bond donors (Lipinski definition) is 0. The minimum Gasteiger partial charge on any atom is -0.502 e. The number of esters is 1. The van der Waals surface area contributed by atoms with Crippen LogP contribution in [0.5, 0.6) is 5.75 Å². The van der Waals surface area contributed by atoms with Gasteiger partial charge in [0, 0.05) is 26.1 Å². The van der Waals surface area contributed by atoms with Crippen molar-refractivity contribution in [3.05, 3.63) is 77.1 Å². The smallest absolute Gasteiger partial charge is 0.337 e. The first-order valence-electron chi connectivity index (χ1n) is 12.9. The van der Waals surface area contributed by atoms with E-state index in [-0.39, 0.29) is 12.8 Å². The summed E-state index contributed by atoms with van der Waals surface area (Å²) < 4.78 is 21.2. The van der Waals surface area contributed by atoms with Crippen LogP contribution in [0, 0.1) is 0 Å². The van der Waals surface area contributed by atoms with Crippen molar-refractivity contribution >= 4 is 5.97 Å². The first-order valence-corrected chi connectivity index (χ1v) is 12.9. The van der Waals surface area contributed by atoms with Crippen LogP contribution in [-0.4, -0.2) is 52.1 Å². The monoisotopic (exact) mass is 495 g/mol. The third-order valence-electron chi connectivity index (χ3n) is 6.95. The topological polar surface area (TPSA) is 57.2 Å². The maximum absolute atomic E-state index is 12.2. The zero-order valence-corrected chi connectivity index (χ0v) is 22.1. The Morgan fingerprint density at radius 1 is 1.03 bits per heavy atom. The Balaban J connectivity index is 1.81. The van der Waals surface area contributed by atoms with Gasteiger partial charge in [0.15, 0.2) is 6.79 Å². The van der Waals surface area contributed by atoms with Crippen molar-refractivity contribution in [3.63, 3.8) is 0 Å². The van der Waals surface area contributed by atoms with Crippen LogP contribution < -0.4 is 4.74 Å². The first kappa shape index (κ1) is 27.8. The van der Waals surface area contributed by atoms with E-state index < -0.39 is 0 Å². The summed E-state index contributed by atoms with van der Waals surface area (Å²) in [6.45, 7) is 6.11. The molecule has 0 bridgehead atoms. The molecule has 0 saturated heterocycles. The molecular weight excluding hydrogens is 454 g/mol. The van der Waals surface area contributed by atoms with Gasteiger partial charge in [0.1, 0.15) is 5.75 Å². The Morgan fingerprint density at radius 3 is 2.64 bits per heavy atom. The predicted molar refractivity (Wildman–Crippen MR) is 142 cm³/mol. The molecule has 0 aromatic heterocycles. The number of benzene rings is 2. The molecule has 0 amide bonds. The number of rotatable bonds is 14. The van der Waals surface area contributed by atoms with Gasteiger partial charge < -0.3 is 18.9 Å². The Hall–Kier alpha value is -2.83. The average Bonchev–Trinajstić information content (AvgIpc) is 3.13. The summed E-state index contributed by atoms with van der Waals surface area (Å²) in [5.74, 6) is 1.43. The van der Waals surface area contributed by atoms with Crippen molar-refractivity contribution in [2.45, 2.75) is 57.4 Å². The lowest BCUT2D eigenvalue weighted by Gasteiger charge is -2.33. The number of carbonyl (C=O) groups is 1. The largest absolute Gasteiger partial charge is 0.502 e. The summed E-state index contributed by atoms with van der Waals surface area (Å²) in [4.78, 5) is 14.8. The fraction of sp³-hybridized carbons (Fsp3) is 0.500. The fourth-order valence-electron chi connectivity index (χ4n) is 4.98. The Morgan fingerprint density at radius 2 is 1.86 bits per heavy atom. The number of fused-ring (bicyclic) bond motifs is 1. The molecule has 1 unspecified atom stereocenters. The van der Waals surface area contributed by atoms with E-state index in [1.54, 1.807) is 14.2 Å². The number of carbonyl (C=O) groups excluding carboxylic acids is 1. The minimum atomic E-state index is -0.276. The Bertz CT molecular complexity index is 989. The van der Waals surface area contributed by atoms with Crippen LogP contribution in [0.3, 0.4) is 0 Å². The van der Waals surface area contributed by atoms with Crippen molar-refractivity contribution in [1.82, 2.24) is 4.90 Å². The molecule has 1 aliphatic carbocycles. The number of ether oxygens (including phenoxy) is 4. The van der Waals surface area contributed by atoms with E-state index in [1.807, 2.05) is 24.3 Å². The van der Waals surface area contributed by atoms with E-state index in [0.29, 0.717) is 11.6 Å². The van der Waals surface area contributed by atoms with Crippen molar-refractivity contribution in [2.75, 3.05) is 41.2 Å². The number of aryl methyl sites for hydroxylation is 1. The van der Waals surface area contributed by atoms with Crippen molar-refractivity contribution in [2.24, 2.45) is 0 Å². The summed E-state index contributed by atoms with van der Waals surface area (Å²) >= 11 is 0. The zero-order chi connectivity index (χ0) is 25.8. The summed E-state index contributed by atoms with van der Waals surface area (Å²) in [6, 6.07) is 14.6. The summed E-state index contributed by atoms with van der Waals surface area (Å²) in [7, 11) is 4.76. The number of methoxy groups -OCH3 is 3. The van der Waals surface area contributed by atoms with Gasteiger partial charge in [-0.2, -0.15) is 0 Å². The summed E-state index contributed by atoms with van der Waals surface area (Å²) in [6.07, 6.45) is 8.26.